The van der Waals surface area contributed by atoms with Crippen molar-refractivity contribution in [3.8, 4) is 5.75 Å². The van der Waals surface area contributed by atoms with Gasteiger partial charge in [0.1, 0.15) is 11.9 Å². The molecule has 1 fully saturated rings. The summed E-state index contributed by atoms with van der Waals surface area (Å²) in [7, 11) is 0. The molecule has 0 amide bonds. The van der Waals surface area contributed by atoms with E-state index in [1.165, 1.54) is 18.2 Å². The number of nitrogens with zero attached hydrogens (tertiary/aromatic N) is 1. The van der Waals surface area contributed by atoms with Crippen LogP contribution in [0.15, 0.2) is 18.2 Å². The van der Waals surface area contributed by atoms with Gasteiger partial charge in [-0.15, -0.1) is 0 Å². The second kappa shape index (κ2) is 3.74. The Morgan fingerprint density at radius 2 is 2.27 bits per heavy atom. The highest BCUT2D eigenvalue weighted by Gasteiger charge is 2.21. The van der Waals surface area contributed by atoms with Crippen LogP contribution in [0.5, 0.6) is 5.75 Å². The molecule has 0 bridgehead atoms. The van der Waals surface area contributed by atoms with Gasteiger partial charge in [-0.25, -0.2) is 0 Å². The van der Waals surface area contributed by atoms with E-state index in [4.69, 9.17) is 15.2 Å². The van der Waals surface area contributed by atoms with Crippen molar-refractivity contribution in [2.75, 3.05) is 18.9 Å². The number of hydrogen-bond donors (Lipinski definition) is 1. The van der Waals surface area contributed by atoms with Gasteiger partial charge in [0.25, 0.3) is 5.69 Å². The molecule has 0 radical (unpaired) electrons. The molecule has 0 atom stereocenters. The summed E-state index contributed by atoms with van der Waals surface area (Å²) in [5.74, 6) is 0.467. The smallest absolute Gasteiger partial charge is 0.271 e. The number of hydrogen-bond acceptors (Lipinski definition) is 5. The normalized spacial score (nSPS) is 15.7. The zero-order chi connectivity index (χ0) is 10.8. The highest BCUT2D eigenvalue weighted by Crippen LogP contribution is 2.27. The minimum absolute atomic E-state index is 0.00811. The molecule has 6 nitrogen and oxygen atoms in total. The Hall–Kier alpha value is -1.82. The van der Waals surface area contributed by atoms with Crippen LogP contribution in [0, 0.1) is 10.1 Å². The molecule has 0 aliphatic carbocycles. The molecule has 1 aliphatic rings. The van der Waals surface area contributed by atoms with Crippen molar-refractivity contribution in [3.05, 3.63) is 28.3 Å². The van der Waals surface area contributed by atoms with Gasteiger partial charge in [-0.2, -0.15) is 0 Å². The number of nitro benzene ring substituents is 1. The summed E-state index contributed by atoms with van der Waals surface area (Å²) in [5, 5.41) is 10.4. The topological polar surface area (TPSA) is 87.6 Å². The van der Waals surface area contributed by atoms with E-state index in [9.17, 15) is 10.1 Å². The van der Waals surface area contributed by atoms with Crippen LogP contribution in [0.1, 0.15) is 0 Å². The van der Waals surface area contributed by atoms with Gasteiger partial charge in [0, 0.05) is 12.1 Å². The zero-order valence-electron chi connectivity index (χ0n) is 7.88. The lowest BCUT2D eigenvalue weighted by Crippen LogP contribution is -2.38. The van der Waals surface area contributed by atoms with Crippen LogP contribution in [-0.2, 0) is 4.74 Å². The first-order valence-corrected chi connectivity index (χ1v) is 4.45. The van der Waals surface area contributed by atoms with Crippen LogP contribution in [0.3, 0.4) is 0 Å². The lowest BCUT2D eigenvalue weighted by molar-refractivity contribution is -0.384. The maximum atomic E-state index is 10.4. The van der Waals surface area contributed by atoms with E-state index in [0.717, 1.165) is 0 Å². The van der Waals surface area contributed by atoms with Gasteiger partial charge in [-0.05, 0) is 6.07 Å². The number of nitrogen functional groups attached to an aromatic ring is 1. The molecule has 0 unspecified atom stereocenters. The molecule has 1 aromatic carbocycles. The van der Waals surface area contributed by atoms with Crippen molar-refractivity contribution >= 4 is 11.4 Å². The fourth-order valence-corrected chi connectivity index (χ4v) is 1.22. The van der Waals surface area contributed by atoms with Crippen LogP contribution in [0.2, 0.25) is 0 Å². The van der Waals surface area contributed by atoms with Crippen LogP contribution < -0.4 is 10.5 Å². The Labute approximate surface area is 85.7 Å². The van der Waals surface area contributed by atoms with E-state index in [2.05, 4.69) is 0 Å². The van der Waals surface area contributed by atoms with Crippen LogP contribution in [-0.4, -0.2) is 24.2 Å². The van der Waals surface area contributed by atoms with Gasteiger partial charge in [0.05, 0.1) is 23.8 Å². The molecule has 1 heterocycles. The molecule has 2 rings (SSSR count). The lowest BCUT2D eigenvalue weighted by Gasteiger charge is -2.27. The lowest BCUT2D eigenvalue weighted by atomic mass is 10.2. The zero-order valence-corrected chi connectivity index (χ0v) is 7.88. The molecule has 1 aromatic rings. The third kappa shape index (κ3) is 1.99. The Morgan fingerprint density at radius 3 is 2.73 bits per heavy atom. The molecule has 2 N–H and O–H groups in total. The van der Waals surface area contributed by atoms with Crippen molar-refractivity contribution < 1.29 is 14.4 Å². The summed E-state index contributed by atoms with van der Waals surface area (Å²) >= 11 is 0. The maximum Gasteiger partial charge on any atom is 0.271 e. The van der Waals surface area contributed by atoms with Gasteiger partial charge >= 0.3 is 0 Å². The number of nitro groups is 1. The molecule has 0 spiro atoms. The van der Waals surface area contributed by atoms with Gasteiger partial charge < -0.3 is 15.2 Å². The number of non-ortho nitro benzene ring substituents is 1. The molecular weight excluding hydrogens is 200 g/mol. The van der Waals surface area contributed by atoms with E-state index < -0.39 is 4.92 Å². The summed E-state index contributed by atoms with van der Waals surface area (Å²) in [4.78, 5) is 9.95. The SMILES string of the molecule is Nc1cc([N+](=O)[O-])ccc1OC1COC1. The van der Waals surface area contributed by atoms with E-state index in [0.29, 0.717) is 19.0 Å². The Morgan fingerprint density at radius 1 is 1.53 bits per heavy atom. The minimum Gasteiger partial charge on any atom is -0.483 e. The van der Waals surface area contributed by atoms with Gasteiger partial charge in [0.2, 0.25) is 0 Å². The molecule has 6 heteroatoms. The fraction of sp³-hybridized carbons (Fsp3) is 0.333. The molecule has 1 saturated heterocycles. The van der Waals surface area contributed by atoms with Crippen LogP contribution >= 0.6 is 0 Å². The summed E-state index contributed by atoms with van der Waals surface area (Å²) in [6, 6.07) is 4.16. The van der Waals surface area contributed by atoms with E-state index in [1.54, 1.807) is 0 Å². The first kappa shape index (κ1) is 9.72. The first-order chi connectivity index (χ1) is 7.16. The average molecular weight is 210 g/mol. The number of benzene rings is 1. The second-order valence-corrected chi connectivity index (χ2v) is 3.26. The predicted octanol–water partition coefficient (Wildman–Crippen LogP) is 0.955. The Kier molecular flexibility index (Phi) is 2.42. The van der Waals surface area contributed by atoms with Crippen molar-refractivity contribution in [3.63, 3.8) is 0 Å². The quantitative estimate of drug-likeness (QED) is 0.456. The Balaban J connectivity index is 2.14. The standard InChI is InChI=1S/C9H10N2O4/c10-8-3-6(11(12)13)1-2-9(8)15-7-4-14-5-7/h1-3,7H,4-5,10H2. The fourth-order valence-electron chi connectivity index (χ4n) is 1.22. The molecule has 0 aromatic heterocycles. The van der Waals surface area contributed by atoms with Crippen molar-refractivity contribution in [1.29, 1.82) is 0 Å². The number of ether oxygens (including phenoxy) is 2. The average Bonchev–Trinajstić information content (AvgIpc) is 2.12. The van der Waals surface area contributed by atoms with Crippen LogP contribution in [0.25, 0.3) is 0 Å². The minimum atomic E-state index is -0.493. The van der Waals surface area contributed by atoms with Gasteiger partial charge in [-0.3, -0.25) is 10.1 Å². The van der Waals surface area contributed by atoms with Crippen molar-refractivity contribution in [1.82, 2.24) is 0 Å². The third-order valence-corrected chi connectivity index (χ3v) is 2.11. The van der Waals surface area contributed by atoms with E-state index in [1.807, 2.05) is 0 Å². The summed E-state index contributed by atoms with van der Waals surface area (Å²) in [6.45, 7) is 1.08. The van der Waals surface area contributed by atoms with E-state index >= 15 is 0 Å². The number of rotatable bonds is 3. The first-order valence-electron chi connectivity index (χ1n) is 4.45. The molecule has 15 heavy (non-hydrogen) atoms. The van der Waals surface area contributed by atoms with Gasteiger partial charge in [0.15, 0.2) is 0 Å². The highest BCUT2D eigenvalue weighted by atomic mass is 16.6. The number of anilines is 1. The Bertz CT molecular complexity index is 390. The second-order valence-electron chi connectivity index (χ2n) is 3.26. The summed E-state index contributed by atoms with van der Waals surface area (Å²) in [6.07, 6.45) is 0.00811. The summed E-state index contributed by atoms with van der Waals surface area (Å²) < 4.78 is 10.4. The maximum absolute atomic E-state index is 10.4. The monoisotopic (exact) mass is 210 g/mol. The third-order valence-electron chi connectivity index (χ3n) is 2.11. The summed E-state index contributed by atoms with van der Waals surface area (Å²) in [5.41, 5.74) is 5.85. The predicted molar refractivity (Wildman–Crippen MR) is 52.7 cm³/mol. The number of nitrogens with two attached hydrogens (primary N) is 1. The molecule has 0 saturated carbocycles. The van der Waals surface area contributed by atoms with Crippen molar-refractivity contribution in [2.45, 2.75) is 6.10 Å². The molecular formula is C9H10N2O4. The largest absolute Gasteiger partial charge is 0.483 e. The highest BCUT2D eigenvalue weighted by molar-refractivity contribution is 5.58. The van der Waals surface area contributed by atoms with Crippen molar-refractivity contribution in [2.24, 2.45) is 0 Å². The van der Waals surface area contributed by atoms with Crippen LogP contribution in [0.4, 0.5) is 11.4 Å². The molecule has 1 aliphatic heterocycles. The van der Waals surface area contributed by atoms with Gasteiger partial charge in [-0.1, -0.05) is 0 Å². The molecule has 80 valence electrons. The van der Waals surface area contributed by atoms with E-state index in [-0.39, 0.29) is 17.5 Å².